The topological polar surface area (TPSA) is 9.23 Å². The minimum absolute atomic E-state index is 0.169. The standard InChI is InChI=1S/C11H12OS/c1-9-7-8-12-11(9)13-10-5-3-2-4-6-10/h2-6,11H,1,7-8H2. The molecule has 13 heavy (non-hydrogen) atoms. The molecule has 0 spiro atoms. The van der Waals surface area contributed by atoms with Crippen molar-refractivity contribution in [3.8, 4) is 0 Å². The molecule has 1 aliphatic rings. The Morgan fingerprint density at radius 2 is 2.08 bits per heavy atom. The van der Waals surface area contributed by atoms with E-state index >= 15 is 0 Å². The monoisotopic (exact) mass is 192 g/mol. The molecule has 1 aromatic rings. The van der Waals surface area contributed by atoms with E-state index in [4.69, 9.17) is 4.74 Å². The summed E-state index contributed by atoms with van der Waals surface area (Å²) in [7, 11) is 0. The highest BCUT2D eigenvalue weighted by atomic mass is 32.2. The molecule has 1 unspecified atom stereocenters. The first-order valence-corrected chi connectivity index (χ1v) is 5.25. The van der Waals surface area contributed by atoms with Crippen molar-refractivity contribution < 1.29 is 4.74 Å². The van der Waals surface area contributed by atoms with E-state index in [1.165, 1.54) is 10.5 Å². The molecule has 1 fully saturated rings. The summed E-state index contributed by atoms with van der Waals surface area (Å²) in [4.78, 5) is 1.25. The van der Waals surface area contributed by atoms with Crippen molar-refractivity contribution in [3.63, 3.8) is 0 Å². The predicted octanol–water partition coefficient (Wildman–Crippen LogP) is 3.08. The summed E-state index contributed by atoms with van der Waals surface area (Å²) < 4.78 is 5.53. The van der Waals surface area contributed by atoms with Gasteiger partial charge in [-0.3, -0.25) is 0 Å². The SMILES string of the molecule is C=C1CCOC1Sc1ccccc1. The zero-order valence-electron chi connectivity index (χ0n) is 7.40. The van der Waals surface area contributed by atoms with Crippen LogP contribution in [0.2, 0.25) is 0 Å². The number of hydrogen-bond acceptors (Lipinski definition) is 2. The van der Waals surface area contributed by atoms with Crippen molar-refractivity contribution in [1.82, 2.24) is 0 Å². The molecule has 0 saturated carbocycles. The maximum atomic E-state index is 5.53. The highest BCUT2D eigenvalue weighted by Crippen LogP contribution is 2.33. The highest BCUT2D eigenvalue weighted by Gasteiger charge is 2.20. The van der Waals surface area contributed by atoms with Crippen LogP contribution in [0.25, 0.3) is 0 Å². The second kappa shape index (κ2) is 3.99. The van der Waals surface area contributed by atoms with Crippen LogP contribution in [-0.4, -0.2) is 12.0 Å². The fourth-order valence-corrected chi connectivity index (χ4v) is 2.28. The summed E-state index contributed by atoms with van der Waals surface area (Å²) in [5.41, 5.74) is 1.37. The maximum Gasteiger partial charge on any atom is 0.128 e. The van der Waals surface area contributed by atoms with E-state index in [1.807, 2.05) is 18.2 Å². The molecular formula is C11H12OS. The minimum atomic E-state index is 0.169. The summed E-state index contributed by atoms with van der Waals surface area (Å²) in [5.74, 6) is 0. The van der Waals surface area contributed by atoms with Crippen LogP contribution in [0.5, 0.6) is 0 Å². The van der Waals surface area contributed by atoms with Crippen molar-refractivity contribution in [3.05, 3.63) is 42.5 Å². The van der Waals surface area contributed by atoms with Crippen molar-refractivity contribution in [2.75, 3.05) is 6.61 Å². The van der Waals surface area contributed by atoms with Gasteiger partial charge in [-0.2, -0.15) is 0 Å². The van der Waals surface area contributed by atoms with Crippen LogP contribution < -0.4 is 0 Å². The Hall–Kier alpha value is -0.730. The van der Waals surface area contributed by atoms with Crippen molar-refractivity contribution in [2.45, 2.75) is 16.8 Å². The fraction of sp³-hybridized carbons (Fsp3) is 0.273. The lowest BCUT2D eigenvalue weighted by molar-refractivity contribution is 0.182. The molecule has 0 aromatic heterocycles. The largest absolute Gasteiger partial charge is 0.362 e. The van der Waals surface area contributed by atoms with Gasteiger partial charge in [0.15, 0.2) is 0 Å². The average molecular weight is 192 g/mol. The number of benzene rings is 1. The molecular weight excluding hydrogens is 180 g/mol. The fourth-order valence-electron chi connectivity index (χ4n) is 1.27. The van der Waals surface area contributed by atoms with Gasteiger partial charge in [-0.05, 0) is 24.1 Å². The van der Waals surface area contributed by atoms with E-state index in [0.717, 1.165) is 13.0 Å². The Bertz CT molecular complexity index is 294. The van der Waals surface area contributed by atoms with Crippen LogP contribution in [-0.2, 0) is 4.74 Å². The normalized spacial score (nSPS) is 22.2. The van der Waals surface area contributed by atoms with Crippen molar-refractivity contribution >= 4 is 11.8 Å². The third-order valence-electron chi connectivity index (χ3n) is 2.01. The quantitative estimate of drug-likeness (QED) is 0.666. The summed E-state index contributed by atoms with van der Waals surface area (Å²) in [5, 5.41) is 0. The zero-order valence-corrected chi connectivity index (χ0v) is 8.22. The summed E-state index contributed by atoms with van der Waals surface area (Å²) in [6, 6.07) is 10.3. The van der Waals surface area contributed by atoms with E-state index in [-0.39, 0.29) is 5.44 Å². The van der Waals surface area contributed by atoms with E-state index in [2.05, 4.69) is 18.7 Å². The summed E-state index contributed by atoms with van der Waals surface area (Å²) >= 11 is 1.74. The lowest BCUT2D eigenvalue weighted by Crippen LogP contribution is -1.99. The molecule has 0 N–H and O–H groups in total. The van der Waals surface area contributed by atoms with Gasteiger partial charge in [-0.25, -0.2) is 0 Å². The third-order valence-corrected chi connectivity index (χ3v) is 3.24. The Labute approximate surface area is 82.8 Å². The Kier molecular flexibility index (Phi) is 2.71. The molecule has 0 aliphatic carbocycles. The molecule has 1 nitrogen and oxygen atoms in total. The van der Waals surface area contributed by atoms with E-state index < -0.39 is 0 Å². The van der Waals surface area contributed by atoms with Gasteiger partial charge in [0.2, 0.25) is 0 Å². The van der Waals surface area contributed by atoms with Gasteiger partial charge in [0.05, 0.1) is 6.61 Å². The van der Waals surface area contributed by atoms with Gasteiger partial charge in [0.1, 0.15) is 5.44 Å². The van der Waals surface area contributed by atoms with Crippen LogP contribution >= 0.6 is 11.8 Å². The van der Waals surface area contributed by atoms with Gasteiger partial charge in [-0.15, -0.1) is 0 Å². The first kappa shape index (κ1) is 8.85. The zero-order chi connectivity index (χ0) is 9.10. The lowest BCUT2D eigenvalue weighted by Gasteiger charge is -2.09. The number of hydrogen-bond donors (Lipinski definition) is 0. The Balaban J connectivity index is 2.02. The minimum Gasteiger partial charge on any atom is -0.362 e. The summed E-state index contributed by atoms with van der Waals surface area (Å²) in [6.07, 6.45) is 1.00. The van der Waals surface area contributed by atoms with Crippen LogP contribution in [0.3, 0.4) is 0 Å². The van der Waals surface area contributed by atoms with Crippen LogP contribution in [0, 0.1) is 0 Å². The lowest BCUT2D eigenvalue weighted by atomic mass is 10.3. The molecule has 1 saturated heterocycles. The molecule has 1 atom stereocenters. The van der Waals surface area contributed by atoms with Gasteiger partial charge in [-0.1, -0.05) is 36.5 Å². The maximum absolute atomic E-state index is 5.53. The van der Waals surface area contributed by atoms with Gasteiger partial charge in [0, 0.05) is 4.90 Å². The molecule has 2 rings (SSSR count). The Morgan fingerprint density at radius 3 is 2.69 bits per heavy atom. The first-order chi connectivity index (χ1) is 6.36. The van der Waals surface area contributed by atoms with E-state index in [1.54, 1.807) is 11.8 Å². The molecule has 0 amide bonds. The number of thioether (sulfide) groups is 1. The number of ether oxygens (including phenoxy) is 1. The first-order valence-electron chi connectivity index (χ1n) is 4.37. The molecule has 0 radical (unpaired) electrons. The third kappa shape index (κ3) is 2.14. The molecule has 1 heterocycles. The molecule has 68 valence electrons. The van der Waals surface area contributed by atoms with Gasteiger partial charge < -0.3 is 4.74 Å². The Morgan fingerprint density at radius 1 is 1.31 bits per heavy atom. The van der Waals surface area contributed by atoms with Crippen LogP contribution in [0.1, 0.15) is 6.42 Å². The van der Waals surface area contributed by atoms with Crippen molar-refractivity contribution in [1.29, 1.82) is 0 Å². The van der Waals surface area contributed by atoms with E-state index in [0.29, 0.717) is 0 Å². The number of rotatable bonds is 2. The second-order valence-electron chi connectivity index (χ2n) is 3.04. The molecule has 0 bridgehead atoms. The predicted molar refractivity (Wildman–Crippen MR) is 55.8 cm³/mol. The van der Waals surface area contributed by atoms with Gasteiger partial charge in [0.25, 0.3) is 0 Å². The second-order valence-corrected chi connectivity index (χ2v) is 4.18. The van der Waals surface area contributed by atoms with Crippen LogP contribution in [0.4, 0.5) is 0 Å². The van der Waals surface area contributed by atoms with Crippen LogP contribution in [0.15, 0.2) is 47.4 Å². The smallest absolute Gasteiger partial charge is 0.128 e. The average Bonchev–Trinajstić information content (AvgIpc) is 2.54. The van der Waals surface area contributed by atoms with Crippen molar-refractivity contribution in [2.24, 2.45) is 0 Å². The summed E-state index contributed by atoms with van der Waals surface area (Å²) in [6.45, 7) is 4.81. The highest BCUT2D eigenvalue weighted by molar-refractivity contribution is 8.00. The van der Waals surface area contributed by atoms with E-state index in [9.17, 15) is 0 Å². The molecule has 2 heteroatoms. The molecule has 1 aliphatic heterocycles. The van der Waals surface area contributed by atoms with Gasteiger partial charge >= 0.3 is 0 Å². The molecule has 1 aromatic carbocycles.